The van der Waals surface area contributed by atoms with Crippen LogP contribution in [0.5, 0.6) is 5.75 Å². The van der Waals surface area contributed by atoms with Crippen LogP contribution in [0.4, 0.5) is 5.69 Å². The average Bonchev–Trinajstić information content (AvgIpc) is 3.54. The van der Waals surface area contributed by atoms with Gasteiger partial charge in [-0.2, -0.15) is 0 Å². The van der Waals surface area contributed by atoms with Crippen LogP contribution in [-0.4, -0.2) is 29.2 Å². The van der Waals surface area contributed by atoms with Gasteiger partial charge in [-0.05, 0) is 61.6 Å². The molecule has 7 nitrogen and oxygen atoms in total. The van der Waals surface area contributed by atoms with E-state index in [1.54, 1.807) is 36.4 Å². The molecule has 7 heteroatoms. The minimum absolute atomic E-state index is 0.0690. The maximum atomic E-state index is 13.2. The number of rotatable bonds is 7. The molecule has 1 N–H and O–H groups in total. The fraction of sp³-hybridized carbons (Fsp3) is 0.375. The molecular formula is C24H24N2O5. The van der Waals surface area contributed by atoms with Crippen LogP contribution in [0.3, 0.4) is 0 Å². The maximum Gasteiger partial charge on any atom is 0.234 e. The third kappa shape index (κ3) is 3.34. The molecule has 5 rings (SSSR count). The zero-order valence-electron chi connectivity index (χ0n) is 17.2. The summed E-state index contributed by atoms with van der Waals surface area (Å²) >= 11 is 0. The molecule has 2 heterocycles. The molecule has 5 atom stereocenters. The van der Waals surface area contributed by atoms with Gasteiger partial charge in [-0.15, -0.1) is 0 Å². The fourth-order valence-corrected chi connectivity index (χ4v) is 5.22. The molecule has 1 saturated carbocycles. The van der Waals surface area contributed by atoms with Gasteiger partial charge < -0.3 is 14.5 Å². The van der Waals surface area contributed by atoms with Crippen LogP contribution in [0.25, 0.3) is 0 Å². The molecule has 5 unspecified atom stereocenters. The largest absolute Gasteiger partial charge is 0.494 e. The number of nitrogens with zero attached hydrogens (tertiary/aromatic N) is 1. The Hall–Kier alpha value is -3.35. The van der Waals surface area contributed by atoms with Crippen molar-refractivity contribution in [2.45, 2.75) is 25.8 Å². The molecule has 160 valence electrons. The van der Waals surface area contributed by atoms with Crippen molar-refractivity contribution < 1.29 is 23.5 Å². The molecule has 2 bridgehead atoms. The topological polar surface area (TPSA) is 88.8 Å². The number of nitrogens with one attached hydrogen (secondary N) is 1. The summed E-state index contributed by atoms with van der Waals surface area (Å²) < 4.78 is 10.9. The summed E-state index contributed by atoms with van der Waals surface area (Å²) in [6.07, 6.45) is 6.40. The van der Waals surface area contributed by atoms with E-state index >= 15 is 0 Å². The van der Waals surface area contributed by atoms with Crippen LogP contribution in [0.15, 0.2) is 59.2 Å². The number of amides is 3. The number of carbonyl (C=O) groups excluding carboxylic acids is 3. The van der Waals surface area contributed by atoms with Gasteiger partial charge >= 0.3 is 0 Å². The fourth-order valence-electron chi connectivity index (χ4n) is 5.22. The van der Waals surface area contributed by atoms with Gasteiger partial charge in [0.25, 0.3) is 0 Å². The molecule has 31 heavy (non-hydrogen) atoms. The summed E-state index contributed by atoms with van der Waals surface area (Å²) in [5, 5.41) is 2.84. The molecule has 2 aliphatic carbocycles. The molecule has 1 saturated heterocycles. The number of ether oxygens (including phenoxy) is 1. The van der Waals surface area contributed by atoms with Crippen LogP contribution in [0.2, 0.25) is 0 Å². The van der Waals surface area contributed by atoms with Crippen molar-refractivity contribution >= 4 is 23.4 Å². The number of likely N-dealkylation sites (tertiary alicyclic amines) is 1. The number of carbonyl (C=O) groups is 3. The second-order valence-corrected chi connectivity index (χ2v) is 8.29. The lowest BCUT2D eigenvalue weighted by Gasteiger charge is -2.26. The first-order chi connectivity index (χ1) is 15.1. The number of furan rings is 1. The normalized spacial score (nSPS) is 26.9. The number of fused-ring (bicyclic) bond motifs is 5. The van der Waals surface area contributed by atoms with Crippen molar-refractivity contribution in [3.8, 4) is 5.75 Å². The summed E-state index contributed by atoms with van der Waals surface area (Å²) in [5.74, 6) is 0.0791. The highest BCUT2D eigenvalue weighted by molar-refractivity contribution is 6.07. The molecule has 1 aromatic carbocycles. The van der Waals surface area contributed by atoms with Gasteiger partial charge in [-0.3, -0.25) is 19.3 Å². The Balaban J connectivity index is 1.35. The van der Waals surface area contributed by atoms with E-state index in [0.717, 1.165) is 12.2 Å². The molecule has 2 fully saturated rings. The number of benzene rings is 1. The quantitative estimate of drug-likeness (QED) is 0.547. The Morgan fingerprint density at radius 1 is 1.13 bits per heavy atom. The van der Waals surface area contributed by atoms with Gasteiger partial charge in [0.05, 0.1) is 31.1 Å². The Labute approximate surface area is 180 Å². The van der Waals surface area contributed by atoms with E-state index in [9.17, 15) is 14.4 Å². The third-order valence-electron chi connectivity index (χ3n) is 6.52. The first kappa shape index (κ1) is 19.6. The molecule has 3 aliphatic rings. The molecule has 1 aliphatic heterocycles. The predicted molar refractivity (Wildman–Crippen MR) is 112 cm³/mol. The predicted octanol–water partition coefficient (Wildman–Crippen LogP) is 3.56. The Morgan fingerprint density at radius 2 is 1.81 bits per heavy atom. The lowest BCUT2D eigenvalue weighted by atomic mass is 9.85. The number of hydrogen-bond acceptors (Lipinski definition) is 5. The van der Waals surface area contributed by atoms with E-state index in [0.29, 0.717) is 18.1 Å². The van der Waals surface area contributed by atoms with E-state index in [4.69, 9.17) is 9.15 Å². The number of imide groups is 1. The monoisotopic (exact) mass is 420 g/mol. The van der Waals surface area contributed by atoms with Gasteiger partial charge in [-0.25, -0.2) is 0 Å². The summed E-state index contributed by atoms with van der Waals surface area (Å²) in [4.78, 5) is 40.6. The highest BCUT2D eigenvalue weighted by atomic mass is 16.5. The van der Waals surface area contributed by atoms with Crippen molar-refractivity contribution in [3.05, 3.63) is 60.6 Å². The highest BCUT2D eigenvalue weighted by Gasteiger charge is 2.60. The van der Waals surface area contributed by atoms with Gasteiger partial charge in [0.2, 0.25) is 17.7 Å². The zero-order chi connectivity index (χ0) is 21.5. The van der Waals surface area contributed by atoms with E-state index in [1.165, 1.54) is 11.2 Å². The van der Waals surface area contributed by atoms with E-state index in [2.05, 4.69) is 17.5 Å². The number of anilines is 1. The lowest BCUT2D eigenvalue weighted by Crippen LogP contribution is -2.38. The number of hydrogen-bond donors (Lipinski definition) is 1. The molecule has 0 spiro atoms. The average molecular weight is 420 g/mol. The van der Waals surface area contributed by atoms with Crippen molar-refractivity contribution in [1.29, 1.82) is 0 Å². The van der Waals surface area contributed by atoms with Crippen LogP contribution in [-0.2, 0) is 14.4 Å². The summed E-state index contributed by atoms with van der Waals surface area (Å²) in [5.41, 5.74) is 0.616. The third-order valence-corrected chi connectivity index (χ3v) is 6.52. The highest BCUT2D eigenvalue weighted by Crippen LogP contribution is 2.54. The van der Waals surface area contributed by atoms with Gasteiger partial charge in [0.1, 0.15) is 17.6 Å². The summed E-state index contributed by atoms with van der Waals surface area (Å²) in [6.45, 7) is 2.47. The van der Waals surface area contributed by atoms with E-state index < -0.39 is 6.04 Å². The molecule has 0 radical (unpaired) electrons. The SMILES string of the molecule is CCOc1ccc(NC(=O)CC(c2ccco2)N2C(=O)C3C4C=CC(C4)C3C2=O)cc1. The standard InChI is InChI=1S/C24H24N2O5/c1-2-30-17-9-7-16(8-10-17)25-20(27)13-18(19-4-3-11-31-19)26-23(28)21-14-5-6-15(12-14)22(21)24(26)29/h3-11,14-15,18,21-22H,2,12-13H2,1H3,(H,25,27). The Kier molecular flexibility index (Phi) is 4.88. The lowest BCUT2D eigenvalue weighted by molar-refractivity contribution is -0.144. The molecule has 3 amide bonds. The first-order valence-corrected chi connectivity index (χ1v) is 10.7. The Morgan fingerprint density at radius 3 is 2.39 bits per heavy atom. The van der Waals surface area contributed by atoms with E-state index in [1.807, 2.05) is 6.92 Å². The zero-order valence-corrected chi connectivity index (χ0v) is 17.2. The van der Waals surface area contributed by atoms with Gasteiger partial charge in [-0.1, -0.05) is 12.2 Å². The first-order valence-electron chi connectivity index (χ1n) is 10.7. The van der Waals surface area contributed by atoms with E-state index in [-0.39, 0.29) is 47.8 Å². The molecular weight excluding hydrogens is 396 g/mol. The van der Waals surface area contributed by atoms with Gasteiger partial charge in [0, 0.05) is 5.69 Å². The van der Waals surface area contributed by atoms with Crippen molar-refractivity contribution in [2.75, 3.05) is 11.9 Å². The van der Waals surface area contributed by atoms with Gasteiger partial charge in [0.15, 0.2) is 0 Å². The van der Waals surface area contributed by atoms with Crippen LogP contribution in [0.1, 0.15) is 31.6 Å². The smallest absolute Gasteiger partial charge is 0.234 e. The van der Waals surface area contributed by atoms with Crippen molar-refractivity contribution in [3.63, 3.8) is 0 Å². The van der Waals surface area contributed by atoms with Crippen LogP contribution >= 0.6 is 0 Å². The second-order valence-electron chi connectivity index (χ2n) is 8.29. The molecule has 1 aromatic heterocycles. The Bertz CT molecular complexity index is 997. The minimum Gasteiger partial charge on any atom is -0.494 e. The minimum atomic E-state index is -0.761. The van der Waals surface area contributed by atoms with Crippen molar-refractivity contribution in [1.82, 2.24) is 4.90 Å². The van der Waals surface area contributed by atoms with Crippen molar-refractivity contribution in [2.24, 2.45) is 23.7 Å². The second kappa shape index (κ2) is 7.72. The van der Waals surface area contributed by atoms with Crippen LogP contribution < -0.4 is 10.1 Å². The summed E-state index contributed by atoms with van der Waals surface area (Å²) in [6, 6.07) is 9.71. The molecule has 2 aromatic rings. The number of allylic oxidation sites excluding steroid dienone is 2. The summed E-state index contributed by atoms with van der Waals surface area (Å²) in [7, 11) is 0. The van der Waals surface area contributed by atoms with Crippen LogP contribution in [0, 0.1) is 23.7 Å². The maximum absolute atomic E-state index is 13.2.